The quantitative estimate of drug-likeness (QED) is 0.627. The molecule has 30 heavy (non-hydrogen) atoms. The van der Waals surface area contributed by atoms with Crippen molar-refractivity contribution in [3.63, 3.8) is 0 Å². The van der Waals surface area contributed by atoms with Gasteiger partial charge in [-0.05, 0) is 61.4 Å². The van der Waals surface area contributed by atoms with E-state index in [0.29, 0.717) is 47.5 Å². The molecule has 0 aromatic heterocycles. The second-order valence-electron chi connectivity index (χ2n) is 7.15. The molecular weight excluding hydrogens is 427 g/mol. The van der Waals surface area contributed by atoms with Gasteiger partial charge in [0, 0.05) is 29.1 Å². The van der Waals surface area contributed by atoms with Crippen LogP contribution in [-0.2, 0) is 9.59 Å². The van der Waals surface area contributed by atoms with E-state index in [9.17, 15) is 9.59 Å². The molecule has 1 N–H and O–H groups in total. The molecule has 1 aliphatic carbocycles. The Hall–Kier alpha value is -2.44. The highest BCUT2D eigenvalue weighted by Crippen LogP contribution is 2.26. The van der Waals surface area contributed by atoms with Gasteiger partial charge in [0.05, 0.1) is 6.54 Å². The molecule has 0 heterocycles. The normalized spacial score (nSPS) is 17.6. The standard InChI is InChI=1S/C22H24Cl2N2O4/c1-15(27)26(10-11-29-20-6-2-16(23)3-7-20)19-12-18(13-19)25-22(28)14-30-21-8-4-17(24)5-9-21/h2-9,18-19H,10-14H2,1H3,(H,25,28). The Morgan fingerprint density at radius 2 is 1.50 bits per heavy atom. The van der Waals surface area contributed by atoms with Gasteiger partial charge in [0.2, 0.25) is 5.91 Å². The average Bonchev–Trinajstić information content (AvgIpc) is 2.69. The molecule has 0 atom stereocenters. The van der Waals surface area contributed by atoms with E-state index in [2.05, 4.69) is 5.32 Å². The second-order valence-corrected chi connectivity index (χ2v) is 8.02. The number of carbonyl (C=O) groups excluding carboxylic acids is 2. The second kappa shape index (κ2) is 10.5. The van der Waals surface area contributed by atoms with Crippen LogP contribution in [0.15, 0.2) is 48.5 Å². The molecule has 0 aliphatic heterocycles. The molecular formula is C22H24Cl2N2O4. The maximum absolute atomic E-state index is 12.1. The molecule has 6 nitrogen and oxygen atoms in total. The van der Waals surface area contributed by atoms with Crippen LogP contribution in [0.3, 0.4) is 0 Å². The van der Waals surface area contributed by atoms with Gasteiger partial charge in [0.25, 0.3) is 5.91 Å². The summed E-state index contributed by atoms with van der Waals surface area (Å²) in [5.74, 6) is 1.11. The van der Waals surface area contributed by atoms with Crippen molar-refractivity contribution in [3.8, 4) is 11.5 Å². The van der Waals surface area contributed by atoms with Crippen molar-refractivity contribution >= 4 is 35.0 Å². The Morgan fingerprint density at radius 1 is 0.967 bits per heavy atom. The molecule has 2 aromatic rings. The highest BCUT2D eigenvalue weighted by atomic mass is 35.5. The third kappa shape index (κ3) is 6.54. The van der Waals surface area contributed by atoms with Crippen molar-refractivity contribution in [3.05, 3.63) is 58.6 Å². The van der Waals surface area contributed by atoms with Gasteiger partial charge in [-0.3, -0.25) is 9.59 Å². The fourth-order valence-electron chi connectivity index (χ4n) is 3.30. The van der Waals surface area contributed by atoms with Gasteiger partial charge in [-0.2, -0.15) is 0 Å². The summed E-state index contributed by atoms with van der Waals surface area (Å²) in [6.45, 7) is 2.37. The van der Waals surface area contributed by atoms with Crippen molar-refractivity contribution < 1.29 is 19.1 Å². The molecule has 1 fully saturated rings. The smallest absolute Gasteiger partial charge is 0.258 e. The van der Waals surface area contributed by atoms with Gasteiger partial charge in [0.15, 0.2) is 6.61 Å². The maximum atomic E-state index is 12.1. The Labute approximate surface area is 186 Å². The number of nitrogens with one attached hydrogen (secondary N) is 1. The molecule has 1 aliphatic rings. The molecule has 0 saturated heterocycles. The minimum absolute atomic E-state index is 0.00412. The lowest BCUT2D eigenvalue weighted by molar-refractivity contribution is -0.134. The first kappa shape index (κ1) is 22.2. The van der Waals surface area contributed by atoms with Gasteiger partial charge >= 0.3 is 0 Å². The summed E-state index contributed by atoms with van der Waals surface area (Å²) in [6, 6.07) is 14.1. The monoisotopic (exact) mass is 450 g/mol. The van der Waals surface area contributed by atoms with Crippen LogP contribution in [-0.4, -0.2) is 48.6 Å². The van der Waals surface area contributed by atoms with Crippen LogP contribution >= 0.6 is 23.2 Å². The topological polar surface area (TPSA) is 67.9 Å². The van der Waals surface area contributed by atoms with Gasteiger partial charge in [-0.15, -0.1) is 0 Å². The van der Waals surface area contributed by atoms with Crippen molar-refractivity contribution in [2.45, 2.75) is 31.8 Å². The van der Waals surface area contributed by atoms with Crippen LogP contribution < -0.4 is 14.8 Å². The number of carbonyl (C=O) groups is 2. The predicted octanol–water partition coefficient (Wildman–Crippen LogP) is 3.95. The van der Waals surface area contributed by atoms with E-state index >= 15 is 0 Å². The summed E-state index contributed by atoms with van der Waals surface area (Å²) in [6.07, 6.45) is 1.43. The summed E-state index contributed by atoms with van der Waals surface area (Å²) < 4.78 is 11.1. The molecule has 8 heteroatoms. The first-order valence-corrected chi connectivity index (χ1v) is 10.5. The molecule has 3 rings (SSSR count). The van der Waals surface area contributed by atoms with E-state index < -0.39 is 0 Å². The van der Waals surface area contributed by atoms with Crippen molar-refractivity contribution in [1.29, 1.82) is 0 Å². The Bertz CT molecular complexity index is 852. The first-order valence-electron chi connectivity index (χ1n) is 9.74. The zero-order valence-corrected chi connectivity index (χ0v) is 18.2. The number of nitrogens with zero attached hydrogens (tertiary/aromatic N) is 1. The maximum Gasteiger partial charge on any atom is 0.258 e. The number of hydrogen-bond donors (Lipinski definition) is 1. The van der Waals surface area contributed by atoms with Crippen LogP contribution in [0.4, 0.5) is 0 Å². The van der Waals surface area contributed by atoms with E-state index in [1.54, 1.807) is 60.4 Å². The number of ether oxygens (including phenoxy) is 2. The average molecular weight is 451 g/mol. The summed E-state index contributed by atoms with van der Waals surface area (Å²) in [5, 5.41) is 4.20. The molecule has 0 spiro atoms. The summed E-state index contributed by atoms with van der Waals surface area (Å²) in [7, 11) is 0. The van der Waals surface area contributed by atoms with Crippen molar-refractivity contribution in [2.75, 3.05) is 19.8 Å². The summed E-state index contributed by atoms with van der Waals surface area (Å²) in [5.41, 5.74) is 0. The third-order valence-corrected chi connectivity index (χ3v) is 5.43. The zero-order chi connectivity index (χ0) is 21.5. The highest BCUT2D eigenvalue weighted by Gasteiger charge is 2.35. The first-order chi connectivity index (χ1) is 14.4. The zero-order valence-electron chi connectivity index (χ0n) is 16.6. The fourth-order valence-corrected chi connectivity index (χ4v) is 3.55. The largest absolute Gasteiger partial charge is 0.492 e. The van der Waals surface area contributed by atoms with E-state index in [4.69, 9.17) is 32.7 Å². The van der Waals surface area contributed by atoms with Crippen LogP contribution in [0.5, 0.6) is 11.5 Å². The molecule has 0 radical (unpaired) electrons. The van der Waals surface area contributed by atoms with Gasteiger partial charge in [-0.25, -0.2) is 0 Å². The van der Waals surface area contributed by atoms with Crippen LogP contribution in [0.25, 0.3) is 0 Å². The Balaban J connectivity index is 1.37. The summed E-state index contributed by atoms with van der Waals surface area (Å²) in [4.78, 5) is 25.9. The minimum atomic E-state index is -0.186. The molecule has 160 valence electrons. The number of hydrogen-bond acceptors (Lipinski definition) is 4. The SMILES string of the molecule is CC(=O)N(CCOc1ccc(Cl)cc1)C1CC(NC(=O)COc2ccc(Cl)cc2)C1. The molecule has 1 saturated carbocycles. The summed E-state index contributed by atoms with van der Waals surface area (Å²) >= 11 is 11.7. The molecule has 2 amide bonds. The van der Waals surface area contributed by atoms with Gasteiger partial charge in [-0.1, -0.05) is 23.2 Å². The van der Waals surface area contributed by atoms with Gasteiger partial charge in [0.1, 0.15) is 18.1 Å². The third-order valence-electron chi connectivity index (χ3n) is 4.92. The molecule has 2 aromatic carbocycles. The number of rotatable bonds is 9. The van der Waals surface area contributed by atoms with E-state index in [1.165, 1.54) is 0 Å². The minimum Gasteiger partial charge on any atom is -0.492 e. The molecule has 0 unspecified atom stereocenters. The number of halogens is 2. The lowest BCUT2D eigenvalue weighted by Crippen LogP contribution is -2.56. The number of amides is 2. The molecule has 0 bridgehead atoms. The number of benzene rings is 2. The Kier molecular flexibility index (Phi) is 7.82. The van der Waals surface area contributed by atoms with Gasteiger partial charge < -0.3 is 19.7 Å². The van der Waals surface area contributed by atoms with E-state index in [-0.39, 0.29) is 30.5 Å². The fraction of sp³-hybridized carbons (Fsp3) is 0.364. The van der Waals surface area contributed by atoms with Crippen molar-refractivity contribution in [2.24, 2.45) is 0 Å². The Morgan fingerprint density at radius 3 is 2.03 bits per heavy atom. The van der Waals surface area contributed by atoms with Crippen LogP contribution in [0.1, 0.15) is 19.8 Å². The highest BCUT2D eigenvalue weighted by molar-refractivity contribution is 6.30. The van der Waals surface area contributed by atoms with E-state index in [0.717, 1.165) is 0 Å². The van der Waals surface area contributed by atoms with Crippen LogP contribution in [0, 0.1) is 0 Å². The lowest BCUT2D eigenvalue weighted by Gasteiger charge is -2.42. The van der Waals surface area contributed by atoms with Crippen LogP contribution in [0.2, 0.25) is 10.0 Å². The van der Waals surface area contributed by atoms with Crippen molar-refractivity contribution in [1.82, 2.24) is 10.2 Å². The lowest BCUT2D eigenvalue weighted by atomic mass is 9.85. The predicted molar refractivity (Wildman–Crippen MR) is 116 cm³/mol. The van der Waals surface area contributed by atoms with E-state index in [1.807, 2.05) is 0 Å².